The van der Waals surface area contributed by atoms with Gasteiger partial charge in [-0.2, -0.15) is 0 Å². The summed E-state index contributed by atoms with van der Waals surface area (Å²) in [7, 11) is 0. The van der Waals surface area contributed by atoms with E-state index in [2.05, 4.69) is 31.3 Å². The molecule has 0 spiro atoms. The minimum Gasteiger partial charge on any atom is -0.345 e. The molecule has 0 aliphatic heterocycles. The Hall–Kier alpha value is -1.87. The molecular weight excluding hydrogens is 278 g/mol. The summed E-state index contributed by atoms with van der Waals surface area (Å²) in [6, 6.07) is 12.3. The quantitative estimate of drug-likeness (QED) is 0.804. The van der Waals surface area contributed by atoms with Gasteiger partial charge in [-0.25, -0.2) is 0 Å². The van der Waals surface area contributed by atoms with Crippen LogP contribution in [0.15, 0.2) is 47.9 Å². The van der Waals surface area contributed by atoms with E-state index in [0.29, 0.717) is 5.92 Å². The van der Waals surface area contributed by atoms with E-state index >= 15 is 0 Å². The Balaban J connectivity index is 2.03. The van der Waals surface area contributed by atoms with Gasteiger partial charge in [0.05, 0.1) is 6.04 Å². The fourth-order valence-electron chi connectivity index (χ4n) is 2.18. The fraction of sp³-hybridized carbons (Fsp3) is 0.278. The highest BCUT2D eigenvalue weighted by Gasteiger charge is 2.17. The largest absolute Gasteiger partial charge is 0.345 e. The van der Waals surface area contributed by atoms with Crippen molar-refractivity contribution in [1.82, 2.24) is 5.32 Å². The molecule has 110 valence electrons. The lowest BCUT2D eigenvalue weighted by molar-refractivity contribution is -0.117. The minimum absolute atomic E-state index is 0.0522. The highest BCUT2D eigenvalue weighted by Crippen LogP contribution is 2.25. The van der Waals surface area contributed by atoms with Crippen LogP contribution >= 0.6 is 11.3 Å². The first kappa shape index (κ1) is 15.5. The molecule has 0 radical (unpaired) electrons. The topological polar surface area (TPSA) is 29.1 Å². The lowest BCUT2D eigenvalue weighted by atomic mass is 10.0. The maximum atomic E-state index is 12.1. The zero-order valence-electron chi connectivity index (χ0n) is 12.7. The van der Waals surface area contributed by atoms with E-state index in [1.54, 1.807) is 17.4 Å². The zero-order chi connectivity index (χ0) is 15.2. The molecule has 2 nitrogen and oxygen atoms in total. The normalized spacial score (nSPS) is 12.8. The van der Waals surface area contributed by atoms with Gasteiger partial charge < -0.3 is 5.32 Å². The SMILES string of the molecule is Cc1cccc(/C=C/C(=O)N[C@@H](c2cccs2)C(C)C)c1. The van der Waals surface area contributed by atoms with Crippen LogP contribution in [0.3, 0.4) is 0 Å². The molecule has 0 bridgehead atoms. The summed E-state index contributed by atoms with van der Waals surface area (Å²) in [6.45, 7) is 6.28. The van der Waals surface area contributed by atoms with Crippen LogP contribution in [0.1, 0.15) is 35.9 Å². The van der Waals surface area contributed by atoms with E-state index in [-0.39, 0.29) is 11.9 Å². The highest BCUT2D eigenvalue weighted by atomic mass is 32.1. The Bertz CT molecular complexity index is 614. The van der Waals surface area contributed by atoms with Crippen molar-refractivity contribution >= 4 is 23.3 Å². The number of hydrogen-bond donors (Lipinski definition) is 1. The Kier molecular flexibility index (Phi) is 5.34. The number of rotatable bonds is 5. The van der Waals surface area contributed by atoms with Gasteiger partial charge in [-0.3, -0.25) is 4.79 Å². The molecule has 2 rings (SSSR count). The van der Waals surface area contributed by atoms with Crippen LogP contribution in [0.2, 0.25) is 0 Å². The number of amides is 1. The summed E-state index contributed by atoms with van der Waals surface area (Å²) in [5.74, 6) is 0.309. The molecule has 0 saturated heterocycles. The molecule has 1 aromatic heterocycles. The average molecular weight is 299 g/mol. The second kappa shape index (κ2) is 7.23. The zero-order valence-corrected chi connectivity index (χ0v) is 13.5. The van der Waals surface area contributed by atoms with Gasteiger partial charge in [0.2, 0.25) is 5.91 Å². The molecule has 1 amide bonds. The van der Waals surface area contributed by atoms with Gasteiger partial charge in [-0.1, -0.05) is 49.7 Å². The summed E-state index contributed by atoms with van der Waals surface area (Å²) in [4.78, 5) is 13.3. The van der Waals surface area contributed by atoms with Crippen LogP contribution in [-0.4, -0.2) is 5.91 Å². The van der Waals surface area contributed by atoms with Crippen molar-refractivity contribution in [1.29, 1.82) is 0 Å². The molecule has 1 aromatic carbocycles. The molecule has 0 fully saturated rings. The molecule has 3 heteroatoms. The van der Waals surface area contributed by atoms with Crippen molar-refractivity contribution < 1.29 is 4.79 Å². The van der Waals surface area contributed by atoms with Crippen molar-refractivity contribution in [3.05, 3.63) is 63.9 Å². The summed E-state index contributed by atoms with van der Waals surface area (Å²) in [5.41, 5.74) is 2.23. The fourth-order valence-corrected chi connectivity index (χ4v) is 3.13. The number of thiophene rings is 1. The van der Waals surface area contributed by atoms with Crippen LogP contribution in [0.4, 0.5) is 0 Å². The highest BCUT2D eigenvalue weighted by molar-refractivity contribution is 7.10. The third-order valence-electron chi connectivity index (χ3n) is 3.28. The maximum Gasteiger partial charge on any atom is 0.244 e. The standard InChI is InChI=1S/C18H21NOS/c1-13(2)18(16-8-5-11-21-16)19-17(20)10-9-15-7-4-6-14(3)12-15/h4-13,18H,1-3H3,(H,19,20)/b10-9+/t18-/m1/s1. The lowest BCUT2D eigenvalue weighted by Crippen LogP contribution is -2.29. The smallest absolute Gasteiger partial charge is 0.244 e. The van der Waals surface area contributed by atoms with Crippen molar-refractivity contribution in [2.45, 2.75) is 26.8 Å². The Morgan fingerprint density at radius 2 is 2.05 bits per heavy atom. The van der Waals surface area contributed by atoms with E-state index in [9.17, 15) is 4.79 Å². The molecule has 1 heterocycles. The van der Waals surface area contributed by atoms with Crippen LogP contribution in [-0.2, 0) is 4.79 Å². The molecule has 2 aromatic rings. The average Bonchev–Trinajstić information content (AvgIpc) is 2.96. The van der Waals surface area contributed by atoms with Gasteiger partial charge in [-0.15, -0.1) is 11.3 Å². The Labute approximate surface area is 130 Å². The predicted octanol–water partition coefficient (Wildman–Crippen LogP) is 4.58. The first-order valence-corrected chi connectivity index (χ1v) is 8.03. The van der Waals surface area contributed by atoms with Crippen molar-refractivity contribution in [3.63, 3.8) is 0 Å². The van der Waals surface area contributed by atoms with Crippen molar-refractivity contribution in [3.8, 4) is 0 Å². The molecule has 0 unspecified atom stereocenters. The van der Waals surface area contributed by atoms with Gasteiger partial charge in [-0.05, 0) is 35.9 Å². The Morgan fingerprint density at radius 1 is 1.24 bits per heavy atom. The van der Waals surface area contributed by atoms with Gasteiger partial charge >= 0.3 is 0 Å². The van der Waals surface area contributed by atoms with Crippen LogP contribution in [0, 0.1) is 12.8 Å². The molecular formula is C18H21NOS. The summed E-state index contributed by atoms with van der Waals surface area (Å²) >= 11 is 1.68. The van der Waals surface area contributed by atoms with Crippen LogP contribution in [0.5, 0.6) is 0 Å². The molecule has 0 saturated carbocycles. The van der Waals surface area contributed by atoms with Crippen LogP contribution in [0.25, 0.3) is 6.08 Å². The van der Waals surface area contributed by atoms with Crippen LogP contribution < -0.4 is 5.32 Å². The number of carbonyl (C=O) groups is 1. The number of hydrogen-bond acceptors (Lipinski definition) is 2. The monoisotopic (exact) mass is 299 g/mol. The molecule has 0 aliphatic carbocycles. The number of nitrogens with one attached hydrogen (secondary N) is 1. The third kappa shape index (κ3) is 4.57. The first-order valence-electron chi connectivity index (χ1n) is 7.15. The third-order valence-corrected chi connectivity index (χ3v) is 4.24. The molecule has 1 atom stereocenters. The number of benzene rings is 1. The van der Waals surface area contributed by atoms with E-state index in [4.69, 9.17) is 0 Å². The first-order chi connectivity index (χ1) is 10.1. The second-order valence-electron chi connectivity index (χ2n) is 5.49. The van der Waals surface area contributed by atoms with Crippen molar-refractivity contribution in [2.24, 2.45) is 5.92 Å². The van der Waals surface area contributed by atoms with E-state index in [1.165, 1.54) is 10.4 Å². The predicted molar refractivity (Wildman–Crippen MR) is 90.3 cm³/mol. The lowest BCUT2D eigenvalue weighted by Gasteiger charge is -2.20. The van der Waals surface area contributed by atoms with Gasteiger partial charge in [0.1, 0.15) is 0 Å². The summed E-state index contributed by atoms with van der Waals surface area (Å²) in [5, 5.41) is 5.13. The molecule has 21 heavy (non-hydrogen) atoms. The molecule has 1 N–H and O–H groups in total. The number of aryl methyl sites for hydroxylation is 1. The second-order valence-corrected chi connectivity index (χ2v) is 6.47. The number of carbonyl (C=O) groups excluding carboxylic acids is 1. The maximum absolute atomic E-state index is 12.1. The van der Waals surface area contributed by atoms with E-state index in [1.807, 2.05) is 42.6 Å². The summed E-state index contributed by atoms with van der Waals surface area (Å²) in [6.07, 6.45) is 3.46. The minimum atomic E-state index is -0.0522. The van der Waals surface area contributed by atoms with E-state index < -0.39 is 0 Å². The van der Waals surface area contributed by atoms with E-state index in [0.717, 1.165) is 5.56 Å². The van der Waals surface area contributed by atoms with Crippen molar-refractivity contribution in [2.75, 3.05) is 0 Å². The van der Waals surface area contributed by atoms with Gasteiger partial charge in [0.15, 0.2) is 0 Å². The van der Waals surface area contributed by atoms with Gasteiger partial charge in [0, 0.05) is 11.0 Å². The summed E-state index contributed by atoms with van der Waals surface area (Å²) < 4.78 is 0. The van der Waals surface area contributed by atoms with Gasteiger partial charge in [0.25, 0.3) is 0 Å². The molecule has 0 aliphatic rings. The Morgan fingerprint density at radius 3 is 2.67 bits per heavy atom.